The van der Waals surface area contributed by atoms with E-state index in [4.69, 9.17) is 0 Å². The van der Waals surface area contributed by atoms with Gasteiger partial charge in [-0.1, -0.05) is 6.92 Å². The molecular weight excluding hydrogens is 290 g/mol. The van der Waals surface area contributed by atoms with E-state index in [1.807, 2.05) is 6.92 Å². The van der Waals surface area contributed by atoms with Crippen molar-refractivity contribution in [2.24, 2.45) is 0 Å². The largest absolute Gasteiger partial charge is 0.351 e. The predicted molar refractivity (Wildman–Crippen MR) is 82.8 cm³/mol. The number of benzene rings is 1. The third-order valence-electron chi connectivity index (χ3n) is 3.06. The van der Waals surface area contributed by atoms with Crippen molar-refractivity contribution >= 4 is 15.9 Å². The molecule has 7 heteroatoms. The zero-order valence-corrected chi connectivity index (χ0v) is 13.5. The van der Waals surface area contributed by atoms with E-state index in [2.05, 4.69) is 15.4 Å². The lowest BCUT2D eigenvalue weighted by Crippen LogP contribution is -2.32. The van der Waals surface area contributed by atoms with Gasteiger partial charge in [0.25, 0.3) is 5.91 Å². The maximum atomic E-state index is 12.1. The molecule has 6 nitrogen and oxygen atoms in total. The van der Waals surface area contributed by atoms with E-state index < -0.39 is 10.0 Å². The minimum atomic E-state index is -3.53. The minimum absolute atomic E-state index is 0.125. The van der Waals surface area contributed by atoms with E-state index >= 15 is 0 Å². The fourth-order valence-electron chi connectivity index (χ4n) is 1.60. The topological polar surface area (TPSA) is 87.3 Å². The number of carbonyl (C=O) groups is 1. The number of rotatable bonds is 8. The molecule has 1 atom stereocenters. The minimum Gasteiger partial charge on any atom is -0.351 e. The van der Waals surface area contributed by atoms with Gasteiger partial charge in [0, 0.05) is 24.7 Å². The molecule has 1 amide bonds. The summed E-state index contributed by atoms with van der Waals surface area (Å²) < 4.78 is 26.7. The second-order valence-electron chi connectivity index (χ2n) is 4.81. The van der Waals surface area contributed by atoms with E-state index in [1.165, 1.54) is 24.3 Å². The highest BCUT2D eigenvalue weighted by Gasteiger charge is 2.16. The fourth-order valence-corrected chi connectivity index (χ4v) is 2.93. The number of likely N-dealkylation sites (N-methyl/N-ethyl adjacent to an activating group) is 1. The first-order valence-electron chi connectivity index (χ1n) is 6.96. The van der Waals surface area contributed by atoms with Gasteiger partial charge >= 0.3 is 0 Å². The quantitative estimate of drug-likeness (QED) is 0.617. The van der Waals surface area contributed by atoms with E-state index in [0.717, 1.165) is 0 Å². The first kappa shape index (κ1) is 17.6. The molecular formula is C14H23N3O3S. The van der Waals surface area contributed by atoms with Crippen LogP contribution in [-0.2, 0) is 10.0 Å². The van der Waals surface area contributed by atoms with Gasteiger partial charge in [-0.05, 0) is 44.7 Å². The molecule has 1 aromatic rings. The van der Waals surface area contributed by atoms with E-state index in [0.29, 0.717) is 25.1 Å². The number of hydrogen-bond donors (Lipinski definition) is 3. The molecule has 0 spiro atoms. The Labute approximate surface area is 126 Å². The maximum absolute atomic E-state index is 12.1. The highest BCUT2D eigenvalue weighted by Crippen LogP contribution is 2.11. The molecule has 0 radical (unpaired) electrons. The lowest BCUT2D eigenvalue weighted by molar-refractivity contribution is 0.0954. The summed E-state index contributed by atoms with van der Waals surface area (Å²) in [5.74, 6) is -0.218. The first-order chi connectivity index (χ1) is 9.90. The van der Waals surface area contributed by atoms with Crippen molar-refractivity contribution in [2.75, 3.05) is 20.1 Å². The summed E-state index contributed by atoms with van der Waals surface area (Å²) in [6.45, 7) is 4.91. The van der Waals surface area contributed by atoms with Crippen molar-refractivity contribution in [1.29, 1.82) is 0 Å². The summed E-state index contributed by atoms with van der Waals surface area (Å²) in [5.41, 5.74) is 0.439. The van der Waals surface area contributed by atoms with E-state index in [9.17, 15) is 13.2 Å². The zero-order chi connectivity index (χ0) is 15.9. The highest BCUT2D eigenvalue weighted by atomic mass is 32.2. The highest BCUT2D eigenvalue weighted by molar-refractivity contribution is 7.89. The van der Waals surface area contributed by atoms with Crippen molar-refractivity contribution in [1.82, 2.24) is 15.4 Å². The molecule has 0 bridgehead atoms. The van der Waals surface area contributed by atoms with Crippen LogP contribution < -0.4 is 15.4 Å². The monoisotopic (exact) mass is 313 g/mol. The van der Waals surface area contributed by atoms with E-state index in [1.54, 1.807) is 14.0 Å². The van der Waals surface area contributed by atoms with Crippen molar-refractivity contribution in [3.05, 3.63) is 29.8 Å². The van der Waals surface area contributed by atoms with Gasteiger partial charge in [-0.3, -0.25) is 4.79 Å². The molecule has 118 valence electrons. The second kappa shape index (κ2) is 8.11. The molecule has 0 fully saturated rings. The lowest BCUT2D eigenvalue weighted by Gasteiger charge is -2.12. The molecule has 1 rings (SSSR count). The van der Waals surface area contributed by atoms with Gasteiger partial charge < -0.3 is 10.6 Å². The van der Waals surface area contributed by atoms with Gasteiger partial charge in [0.1, 0.15) is 0 Å². The number of nitrogens with one attached hydrogen (secondary N) is 3. The van der Waals surface area contributed by atoms with Crippen LogP contribution in [0.25, 0.3) is 0 Å². The Bertz CT molecular complexity index is 555. The summed E-state index contributed by atoms with van der Waals surface area (Å²) in [4.78, 5) is 12.0. The summed E-state index contributed by atoms with van der Waals surface area (Å²) in [6.07, 6.45) is 0.713. The van der Waals surface area contributed by atoms with Crippen LogP contribution in [0.5, 0.6) is 0 Å². The summed E-state index contributed by atoms with van der Waals surface area (Å²) in [5, 5.41) is 5.66. The Balaban J connectivity index is 2.75. The fraction of sp³-hybridized carbons (Fsp3) is 0.500. The lowest BCUT2D eigenvalue weighted by atomic mass is 10.2. The number of amides is 1. The second-order valence-corrected chi connectivity index (χ2v) is 6.53. The van der Waals surface area contributed by atoms with Crippen molar-refractivity contribution in [3.8, 4) is 0 Å². The standard InChI is InChI=1S/C14H23N3O3S/c1-4-11(2)17-21(19,20)13-7-5-12(6-8-13)14(18)16-10-9-15-3/h5-8,11,15,17H,4,9-10H2,1-3H3,(H,16,18). The van der Waals surface area contributed by atoms with Crippen LogP contribution in [0.3, 0.4) is 0 Å². The van der Waals surface area contributed by atoms with Crippen molar-refractivity contribution in [2.45, 2.75) is 31.2 Å². The number of carbonyl (C=O) groups excluding carboxylic acids is 1. The average Bonchev–Trinajstić information content (AvgIpc) is 2.47. The Morgan fingerprint density at radius 3 is 2.33 bits per heavy atom. The number of sulfonamides is 1. The molecule has 0 aliphatic heterocycles. The predicted octanol–water partition coefficient (Wildman–Crippen LogP) is 0.713. The van der Waals surface area contributed by atoms with Gasteiger partial charge in [-0.2, -0.15) is 0 Å². The van der Waals surface area contributed by atoms with Crippen LogP contribution in [0, 0.1) is 0 Å². The molecule has 0 aliphatic carbocycles. The maximum Gasteiger partial charge on any atom is 0.251 e. The Kier molecular flexibility index (Phi) is 6.80. The molecule has 1 unspecified atom stereocenters. The van der Waals surface area contributed by atoms with Crippen LogP contribution in [0.15, 0.2) is 29.2 Å². The molecule has 3 N–H and O–H groups in total. The van der Waals surface area contributed by atoms with Crippen LogP contribution in [0.2, 0.25) is 0 Å². The third-order valence-corrected chi connectivity index (χ3v) is 4.66. The zero-order valence-electron chi connectivity index (χ0n) is 12.6. The normalized spacial score (nSPS) is 12.9. The molecule has 21 heavy (non-hydrogen) atoms. The molecule has 0 saturated carbocycles. The Hall–Kier alpha value is -1.44. The molecule has 0 saturated heterocycles. The van der Waals surface area contributed by atoms with Gasteiger partial charge in [0.15, 0.2) is 0 Å². The van der Waals surface area contributed by atoms with E-state index in [-0.39, 0.29) is 16.8 Å². The van der Waals surface area contributed by atoms with Crippen LogP contribution in [-0.4, -0.2) is 40.5 Å². The summed E-state index contributed by atoms with van der Waals surface area (Å²) >= 11 is 0. The van der Waals surface area contributed by atoms with Gasteiger partial charge in [-0.25, -0.2) is 13.1 Å². The molecule has 1 aromatic carbocycles. The summed E-state index contributed by atoms with van der Waals surface area (Å²) in [6, 6.07) is 5.79. The van der Waals surface area contributed by atoms with Gasteiger partial charge in [0.05, 0.1) is 4.90 Å². The Morgan fingerprint density at radius 1 is 1.19 bits per heavy atom. The SMILES string of the molecule is CCC(C)NS(=O)(=O)c1ccc(C(=O)NCCNC)cc1. The number of hydrogen-bond acceptors (Lipinski definition) is 4. The van der Waals surface area contributed by atoms with Crippen LogP contribution in [0.4, 0.5) is 0 Å². The molecule has 0 heterocycles. The average molecular weight is 313 g/mol. The summed E-state index contributed by atoms with van der Waals surface area (Å²) in [7, 11) is -1.72. The van der Waals surface area contributed by atoms with Gasteiger partial charge in [-0.15, -0.1) is 0 Å². The third kappa shape index (κ3) is 5.45. The molecule has 0 aliphatic rings. The van der Waals surface area contributed by atoms with Crippen LogP contribution >= 0.6 is 0 Å². The van der Waals surface area contributed by atoms with Crippen molar-refractivity contribution < 1.29 is 13.2 Å². The Morgan fingerprint density at radius 2 is 1.81 bits per heavy atom. The van der Waals surface area contributed by atoms with Crippen LogP contribution in [0.1, 0.15) is 30.6 Å². The molecule has 0 aromatic heterocycles. The van der Waals surface area contributed by atoms with Crippen molar-refractivity contribution in [3.63, 3.8) is 0 Å². The van der Waals surface area contributed by atoms with Gasteiger partial charge in [0.2, 0.25) is 10.0 Å². The first-order valence-corrected chi connectivity index (χ1v) is 8.44. The smallest absolute Gasteiger partial charge is 0.251 e.